The predicted molar refractivity (Wildman–Crippen MR) is 95.5 cm³/mol. The van der Waals surface area contributed by atoms with Crippen molar-refractivity contribution >= 4 is 23.4 Å². The van der Waals surface area contributed by atoms with E-state index < -0.39 is 34.4 Å². The highest BCUT2D eigenvalue weighted by atomic mass is 16.4. The third-order valence-electron chi connectivity index (χ3n) is 4.11. The summed E-state index contributed by atoms with van der Waals surface area (Å²) in [6.45, 7) is 5.30. The molecule has 7 heteroatoms. The molecule has 0 fully saturated rings. The number of carboxylic acids is 2. The summed E-state index contributed by atoms with van der Waals surface area (Å²) < 4.78 is 0. The zero-order valence-corrected chi connectivity index (χ0v) is 14.4. The van der Waals surface area contributed by atoms with Gasteiger partial charge in [-0.25, -0.2) is 9.59 Å². The molecule has 3 N–H and O–H groups in total. The Balaban J connectivity index is 2.60. The van der Waals surface area contributed by atoms with Gasteiger partial charge in [0, 0.05) is 24.8 Å². The summed E-state index contributed by atoms with van der Waals surface area (Å²) in [4.78, 5) is 37.6. The standard InChI is InChI=1S/C19H19NO6/c1-3-20(4-2)11-8-9-12(15(21)10-11)17(22)16-13(18(23)24)6-5-7-14(16)19(25)26/h5-10,21H,3-4H2,1-2H3,(H,23,24)(H,25,26). The summed E-state index contributed by atoms with van der Waals surface area (Å²) in [5, 5.41) is 28.9. The number of benzene rings is 2. The summed E-state index contributed by atoms with van der Waals surface area (Å²) in [6.07, 6.45) is 0. The lowest BCUT2D eigenvalue weighted by molar-refractivity contribution is 0.0689. The van der Waals surface area contributed by atoms with Gasteiger partial charge in [-0.3, -0.25) is 4.79 Å². The topological polar surface area (TPSA) is 115 Å². The summed E-state index contributed by atoms with van der Waals surface area (Å²) in [5.41, 5.74) is -0.770. The molecule has 0 aliphatic rings. The van der Waals surface area contributed by atoms with E-state index in [-0.39, 0.29) is 11.3 Å². The largest absolute Gasteiger partial charge is 0.507 e. The quantitative estimate of drug-likeness (QED) is 0.653. The van der Waals surface area contributed by atoms with E-state index in [1.807, 2.05) is 18.7 Å². The van der Waals surface area contributed by atoms with E-state index in [0.29, 0.717) is 18.8 Å². The maximum atomic E-state index is 12.8. The van der Waals surface area contributed by atoms with Gasteiger partial charge in [0.05, 0.1) is 22.3 Å². The molecular weight excluding hydrogens is 338 g/mol. The van der Waals surface area contributed by atoms with Gasteiger partial charge in [0.25, 0.3) is 0 Å². The maximum Gasteiger partial charge on any atom is 0.336 e. The molecule has 0 saturated carbocycles. The molecule has 0 saturated heterocycles. The van der Waals surface area contributed by atoms with Crippen LogP contribution in [0.1, 0.15) is 50.5 Å². The molecule has 0 spiro atoms. The molecule has 0 radical (unpaired) electrons. The van der Waals surface area contributed by atoms with E-state index >= 15 is 0 Å². The van der Waals surface area contributed by atoms with Crippen LogP contribution in [0, 0.1) is 0 Å². The first-order valence-electron chi connectivity index (χ1n) is 8.04. The summed E-state index contributed by atoms with van der Waals surface area (Å²) >= 11 is 0. The van der Waals surface area contributed by atoms with E-state index in [1.54, 1.807) is 6.07 Å². The highest BCUT2D eigenvalue weighted by molar-refractivity contribution is 6.19. The van der Waals surface area contributed by atoms with Crippen molar-refractivity contribution < 1.29 is 29.7 Å². The van der Waals surface area contributed by atoms with Gasteiger partial charge in [0.15, 0.2) is 5.78 Å². The number of aromatic carboxylic acids is 2. The van der Waals surface area contributed by atoms with Gasteiger partial charge in [-0.05, 0) is 38.1 Å². The Kier molecular flexibility index (Phi) is 5.61. The smallest absolute Gasteiger partial charge is 0.336 e. The van der Waals surface area contributed by atoms with Crippen molar-refractivity contribution in [3.05, 3.63) is 58.7 Å². The SMILES string of the molecule is CCN(CC)c1ccc(C(=O)c2c(C(=O)O)cccc2C(=O)O)c(O)c1. The van der Waals surface area contributed by atoms with Crippen molar-refractivity contribution in [3.8, 4) is 5.75 Å². The minimum atomic E-state index is -1.42. The van der Waals surface area contributed by atoms with Crippen LogP contribution in [0.4, 0.5) is 5.69 Å². The molecule has 0 amide bonds. The molecule has 2 rings (SSSR count). The Morgan fingerprint density at radius 3 is 1.85 bits per heavy atom. The van der Waals surface area contributed by atoms with Gasteiger partial charge in [-0.15, -0.1) is 0 Å². The van der Waals surface area contributed by atoms with E-state index in [1.165, 1.54) is 18.2 Å². The van der Waals surface area contributed by atoms with Crippen LogP contribution in [0.5, 0.6) is 5.75 Å². The Hall–Kier alpha value is -3.35. The second-order valence-corrected chi connectivity index (χ2v) is 5.54. The van der Waals surface area contributed by atoms with E-state index in [2.05, 4.69) is 0 Å². The molecule has 7 nitrogen and oxygen atoms in total. The number of anilines is 1. The number of phenolic OH excluding ortho intramolecular Hbond substituents is 1. The van der Waals surface area contributed by atoms with E-state index in [4.69, 9.17) is 0 Å². The van der Waals surface area contributed by atoms with Crippen LogP contribution < -0.4 is 4.90 Å². The summed E-state index contributed by atoms with van der Waals surface area (Å²) in [5.74, 6) is -4.04. The average Bonchev–Trinajstić information content (AvgIpc) is 2.61. The number of rotatable bonds is 7. The van der Waals surface area contributed by atoms with Crippen LogP contribution >= 0.6 is 0 Å². The number of phenols is 1. The number of hydrogen-bond donors (Lipinski definition) is 3. The van der Waals surface area contributed by atoms with Gasteiger partial charge >= 0.3 is 11.9 Å². The normalized spacial score (nSPS) is 10.4. The second kappa shape index (κ2) is 7.69. The zero-order valence-electron chi connectivity index (χ0n) is 14.4. The third-order valence-corrected chi connectivity index (χ3v) is 4.11. The van der Waals surface area contributed by atoms with E-state index in [9.17, 15) is 29.7 Å². The van der Waals surface area contributed by atoms with Gasteiger partial charge < -0.3 is 20.2 Å². The van der Waals surface area contributed by atoms with Crippen molar-refractivity contribution in [1.29, 1.82) is 0 Å². The Morgan fingerprint density at radius 2 is 1.42 bits per heavy atom. The number of hydrogen-bond acceptors (Lipinski definition) is 5. The van der Waals surface area contributed by atoms with Gasteiger partial charge in [0.2, 0.25) is 0 Å². The van der Waals surface area contributed by atoms with Crippen molar-refractivity contribution in [1.82, 2.24) is 0 Å². The molecule has 26 heavy (non-hydrogen) atoms. The zero-order chi connectivity index (χ0) is 19.4. The van der Waals surface area contributed by atoms with Crippen molar-refractivity contribution in [2.45, 2.75) is 13.8 Å². The third kappa shape index (κ3) is 3.51. The number of carbonyl (C=O) groups excluding carboxylic acids is 1. The van der Waals surface area contributed by atoms with Gasteiger partial charge in [0.1, 0.15) is 5.75 Å². The van der Waals surface area contributed by atoms with Crippen LogP contribution in [0.25, 0.3) is 0 Å². The molecule has 136 valence electrons. The Labute approximate surface area is 150 Å². The number of carboxylic acid groups (broad SMARTS) is 2. The summed E-state index contributed by atoms with van der Waals surface area (Å²) in [7, 11) is 0. The first kappa shape index (κ1) is 19.0. The van der Waals surface area contributed by atoms with Gasteiger partial charge in [-0.1, -0.05) is 6.07 Å². The molecule has 0 aliphatic carbocycles. The van der Waals surface area contributed by atoms with Crippen molar-refractivity contribution in [2.24, 2.45) is 0 Å². The predicted octanol–water partition coefficient (Wildman–Crippen LogP) is 2.87. The maximum absolute atomic E-state index is 12.8. The lowest BCUT2D eigenvalue weighted by Gasteiger charge is -2.21. The monoisotopic (exact) mass is 357 g/mol. The molecule has 0 atom stereocenters. The fourth-order valence-electron chi connectivity index (χ4n) is 2.79. The number of ketones is 1. The lowest BCUT2D eigenvalue weighted by Crippen LogP contribution is -2.22. The molecule has 0 bridgehead atoms. The minimum Gasteiger partial charge on any atom is -0.507 e. The molecule has 2 aromatic carbocycles. The van der Waals surface area contributed by atoms with Crippen LogP contribution in [-0.2, 0) is 0 Å². The first-order valence-corrected chi connectivity index (χ1v) is 8.04. The van der Waals surface area contributed by atoms with Crippen LogP contribution in [0.15, 0.2) is 36.4 Å². The number of aromatic hydroxyl groups is 1. The molecule has 0 heterocycles. The number of carbonyl (C=O) groups is 3. The number of nitrogens with zero attached hydrogens (tertiary/aromatic N) is 1. The lowest BCUT2D eigenvalue weighted by atomic mass is 9.93. The van der Waals surface area contributed by atoms with Crippen LogP contribution in [0.3, 0.4) is 0 Å². The fourth-order valence-corrected chi connectivity index (χ4v) is 2.79. The Morgan fingerprint density at radius 1 is 0.885 bits per heavy atom. The summed E-state index contributed by atoms with van der Waals surface area (Å²) in [6, 6.07) is 7.98. The Bertz CT molecular complexity index is 838. The highest BCUT2D eigenvalue weighted by Crippen LogP contribution is 2.29. The van der Waals surface area contributed by atoms with Crippen molar-refractivity contribution in [2.75, 3.05) is 18.0 Å². The molecule has 0 aliphatic heterocycles. The second-order valence-electron chi connectivity index (χ2n) is 5.54. The van der Waals surface area contributed by atoms with E-state index in [0.717, 1.165) is 12.1 Å². The average molecular weight is 357 g/mol. The molecular formula is C19H19NO6. The van der Waals surface area contributed by atoms with Gasteiger partial charge in [-0.2, -0.15) is 0 Å². The van der Waals surface area contributed by atoms with Crippen LogP contribution in [-0.4, -0.2) is 46.1 Å². The fraction of sp³-hybridized carbons (Fsp3) is 0.211. The molecule has 0 aromatic heterocycles. The molecule has 0 unspecified atom stereocenters. The first-order chi connectivity index (χ1) is 12.3. The van der Waals surface area contributed by atoms with Crippen molar-refractivity contribution in [3.63, 3.8) is 0 Å². The van der Waals surface area contributed by atoms with Crippen LogP contribution in [0.2, 0.25) is 0 Å². The highest BCUT2D eigenvalue weighted by Gasteiger charge is 2.26. The minimum absolute atomic E-state index is 0.155. The molecule has 2 aromatic rings.